The Morgan fingerprint density at radius 2 is 2.06 bits per heavy atom. The van der Waals surface area contributed by atoms with Gasteiger partial charge in [0.1, 0.15) is 0 Å². The normalized spacial score (nSPS) is 38.9. The van der Waals surface area contributed by atoms with Crippen LogP contribution in [0.5, 0.6) is 0 Å². The van der Waals surface area contributed by atoms with Crippen LogP contribution >= 0.6 is 0 Å². The highest BCUT2D eigenvalue weighted by Gasteiger charge is 2.49. The van der Waals surface area contributed by atoms with Crippen molar-refractivity contribution < 1.29 is 5.11 Å². The molecule has 1 aromatic rings. The summed E-state index contributed by atoms with van der Waals surface area (Å²) in [4.78, 5) is 4.56. The van der Waals surface area contributed by atoms with Crippen molar-refractivity contribution in [1.29, 1.82) is 0 Å². The zero-order valence-corrected chi connectivity index (χ0v) is 10.8. The Morgan fingerprint density at radius 1 is 1.22 bits per heavy atom. The number of hydrogen-bond acceptors (Lipinski definition) is 2. The maximum Gasteiger partial charge on any atom is 0.0652 e. The fourth-order valence-electron chi connectivity index (χ4n) is 4.35. The van der Waals surface area contributed by atoms with Gasteiger partial charge in [0, 0.05) is 17.8 Å². The standard InChI is InChI=1S/C16H21NO/c18-16(13-8-11-7-12(11)9-13)14-5-1-3-10-4-2-6-17-15(10)14/h2,4,6,11-14,16,18H,1,3,5,7-9H2. The topological polar surface area (TPSA) is 33.1 Å². The third-order valence-corrected chi connectivity index (χ3v) is 5.41. The molecule has 0 aromatic carbocycles. The summed E-state index contributed by atoms with van der Waals surface area (Å²) in [6.07, 6.45) is 9.18. The predicted octanol–water partition coefficient (Wildman–Crippen LogP) is 2.91. The SMILES string of the molecule is OC(C1CC2CC2C1)C1CCCc2cccnc21. The third kappa shape index (κ3) is 1.70. The van der Waals surface area contributed by atoms with Gasteiger partial charge >= 0.3 is 0 Å². The molecule has 0 saturated heterocycles. The Balaban J connectivity index is 1.57. The van der Waals surface area contributed by atoms with Gasteiger partial charge in [-0.25, -0.2) is 0 Å². The molecule has 0 amide bonds. The van der Waals surface area contributed by atoms with Gasteiger partial charge in [0.15, 0.2) is 0 Å². The quantitative estimate of drug-likeness (QED) is 0.866. The van der Waals surface area contributed by atoms with Crippen molar-refractivity contribution in [3.63, 3.8) is 0 Å². The highest BCUT2D eigenvalue weighted by atomic mass is 16.3. The maximum atomic E-state index is 10.7. The van der Waals surface area contributed by atoms with Crippen molar-refractivity contribution >= 4 is 0 Å². The van der Waals surface area contributed by atoms with Crippen molar-refractivity contribution in [3.05, 3.63) is 29.6 Å². The molecule has 2 saturated carbocycles. The predicted molar refractivity (Wildman–Crippen MR) is 70.2 cm³/mol. The van der Waals surface area contributed by atoms with E-state index in [1.807, 2.05) is 12.3 Å². The number of aliphatic hydroxyl groups excluding tert-OH is 1. The minimum absolute atomic E-state index is 0.147. The smallest absolute Gasteiger partial charge is 0.0652 e. The van der Waals surface area contributed by atoms with E-state index < -0.39 is 0 Å². The molecule has 0 spiro atoms. The number of fused-ring (bicyclic) bond motifs is 2. The van der Waals surface area contributed by atoms with E-state index in [1.165, 1.54) is 36.9 Å². The molecule has 18 heavy (non-hydrogen) atoms. The zero-order valence-electron chi connectivity index (χ0n) is 10.8. The van der Waals surface area contributed by atoms with E-state index in [4.69, 9.17) is 0 Å². The lowest BCUT2D eigenvalue weighted by Gasteiger charge is -2.32. The third-order valence-electron chi connectivity index (χ3n) is 5.41. The van der Waals surface area contributed by atoms with Crippen LogP contribution in [0.2, 0.25) is 0 Å². The average Bonchev–Trinajstić information content (AvgIpc) is 3.04. The van der Waals surface area contributed by atoms with E-state index in [1.54, 1.807) is 0 Å². The number of nitrogens with zero attached hydrogens (tertiary/aromatic N) is 1. The molecule has 3 aliphatic rings. The number of aliphatic hydroxyl groups is 1. The fraction of sp³-hybridized carbons (Fsp3) is 0.688. The van der Waals surface area contributed by atoms with Gasteiger partial charge in [-0.15, -0.1) is 0 Å². The van der Waals surface area contributed by atoms with Gasteiger partial charge in [0.25, 0.3) is 0 Å². The van der Waals surface area contributed by atoms with E-state index in [0.29, 0.717) is 11.8 Å². The highest BCUT2D eigenvalue weighted by Crippen LogP contribution is 2.56. The van der Waals surface area contributed by atoms with Crippen molar-refractivity contribution in [3.8, 4) is 0 Å². The number of rotatable bonds is 2. The van der Waals surface area contributed by atoms with Gasteiger partial charge in [0.2, 0.25) is 0 Å². The Kier molecular flexibility index (Phi) is 2.47. The first-order valence-electron chi connectivity index (χ1n) is 7.45. The van der Waals surface area contributed by atoms with Gasteiger partial charge in [-0.1, -0.05) is 6.07 Å². The lowest BCUT2D eigenvalue weighted by molar-refractivity contribution is 0.0691. The Hall–Kier alpha value is -0.890. The molecule has 0 radical (unpaired) electrons. The van der Waals surface area contributed by atoms with E-state index in [-0.39, 0.29) is 6.10 Å². The minimum atomic E-state index is -0.147. The Morgan fingerprint density at radius 3 is 2.89 bits per heavy atom. The number of hydrogen-bond donors (Lipinski definition) is 1. The zero-order chi connectivity index (χ0) is 12.1. The molecule has 96 valence electrons. The number of aromatic nitrogens is 1. The Bertz CT molecular complexity index is 448. The monoisotopic (exact) mass is 243 g/mol. The Labute approximate surface area is 108 Å². The first-order valence-corrected chi connectivity index (χ1v) is 7.45. The molecule has 0 aliphatic heterocycles. The first kappa shape index (κ1) is 11.0. The second-order valence-electron chi connectivity index (χ2n) is 6.52. The summed E-state index contributed by atoms with van der Waals surface area (Å²) in [5.41, 5.74) is 2.56. The second-order valence-corrected chi connectivity index (χ2v) is 6.52. The molecule has 2 fully saturated rings. The lowest BCUT2D eigenvalue weighted by atomic mass is 9.78. The van der Waals surface area contributed by atoms with Gasteiger partial charge in [-0.05, 0) is 67.9 Å². The molecule has 4 unspecified atom stereocenters. The van der Waals surface area contributed by atoms with Crippen molar-refractivity contribution in [2.75, 3.05) is 0 Å². The van der Waals surface area contributed by atoms with Gasteiger partial charge in [-0.3, -0.25) is 4.98 Å². The van der Waals surface area contributed by atoms with E-state index in [2.05, 4.69) is 11.1 Å². The second kappa shape index (κ2) is 4.06. The number of pyridine rings is 1. The van der Waals surface area contributed by atoms with Gasteiger partial charge < -0.3 is 5.11 Å². The molecule has 0 bridgehead atoms. The summed E-state index contributed by atoms with van der Waals surface area (Å²) >= 11 is 0. The molecule has 1 heterocycles. The van der Waals surface area contributed by atoms with Crippen LogP contribution in [0.1, 0.15) is 49.3 Å². The van der Waals surface area contributed by atoms with Crippen LogP contribution in [-0.4, -0.2) is 16.2 Å². The van der Waals surface area contributed by atoms with Crippen LogP contribution in [0.15, 0.2) is 18.3 Å². The van der Waals surface area contributed by atoms with Crippen molar-refractivity contribution in [1.82, 2.24) is 4.98 Å². The van der Waals surface area contributed by atoms with Crippen LogP contribution in [0.25, 0.3) is 0 Å². The highest BCUT2D eigenvalue weighted by molar-refractivity contribution is 5.27. The molecule has 3 aliphatic carbocycles. The summed E-state index contributed by atoms with van der Waals surface area (Å²) in [6.45, 7) is 0. The molecule has 2 heteroatoms. The van der Waals surface area contributed by atoms with Crippen molar-refractivity contribution in [2.24, 2.45) is 17.8 Å². The molecule has 4 rings (SSSR count). The van der Waals surface area contributed by atoms with Gasteiger partial charge in [-0.2, -0.15) is 0 Å². The summed E-state index contributed by atoms with van der Waals surface area (Å²) in [6, 6.07) is 4.21. The van der Waals surface area contributed by atoms with Crippen LogP contribution in [0.4, 0.5) is 0 Å². The average molecular weight is 243 g/mol. The van der Waals surface area contributed by atoms with Gasteiger partial charge in [0.05, 0.1) is 6.10 Å². The largest absolute Gasteiger partial charge is 0.392 e. The van der Waals surface area contributed by atoms with Crippen LogP contribution in [-0.2, 0) is 6.42 Å². The molecule has 4 atom stereocenters. The molecular weight excluding hydrogens is 222 g/mol. The van der Waals surface area contributed by atoms with E-state index in [9.17, 15) is 5.11 Å². The summed E-state index contributed by atoms with van der Waals surface area (Å²) in [5, 5.41) is 10.7. The van der Waals surface area contributed by atoms with Crippen LogP contribution in [0, 0.1) is 17.8 Å². The van der Waals surface area contributed by atoms with Crippen molar-refractivity contribution in [2.45, 2.75) is 50.5 Å². The maximum absolute atomic E-state index is 10.7. The summed E-state index contributed by atoms with van der Waals surface area (Å²) in [7, 11) is 0. The van der Waals surface area contributed by atoms with E-state index in [0.717, 1.165) is 24.7 Å². The van der Waals surface area contributed by atoms with Crippen LogP contribution < -0.4 is 0 Å². The minimum Gasteiger partial charge on any atom is -0.392 e. The van der Waals surface area contributed by atoms with E-state index >= 15 is 0 Å². The molecule has 1 aromatic heterocycles. The fourth-order valence-corrected chi connectivity index (χ4v) is 4.35. The van der Waals surface area contributed by atoms with Crippen LogP contribution in [0.3, 0.4) is 0 Å². The summed E-state index contributed by atoms with van der Waals surface area (Å²) in [5.74, 6) is 2.76. The first-order chi connectivity index (χ1) is 8.83. The summed E-state index contributed by atoms with van der Waals surface area (Å²) < 4.78 is 0. The molecule has 2 nitrogen and oxygen atoms in total. The molecule has 1 N–H and O–H groups in total. The molecular formula is C16H21NO. The number of aryl methyl sites for hydroxylation is 1. The lowest BCUT2D eigenvalue weighted by Crippen LogP contribution is -2.30.